The maximum absolute atomic E-state index is 9.25. The van der Waals surface area contributed by atoms with Gasteiger partial charge in [0.1, 0.15) is 16.6 Å². The molecule has 0 spiro atoms. The molecule has 2 heterocycles. The van der Waals surface area contributed by atoms with Crippen molar-refractivity contribution >= 4 is 18.0 Å². The van der Waals surface area contributed by atoms with Gasteiger partial charge in [-0.05, 0) is 24.8 Å². The first-order valence-corrected chi connectivity index (χ1v) is 7.54. The Hall–Kier alpha value is -0.950. The van der Waals surface area contributed by atoms with E-state index < -0.39 is 6.29 Å². The number of anilines is 1. The van der Waals surface area contributed by atoms with Crippen molar-refractivity contribution in [3.8, 4) is 0 Å². The van der Waals surface area contributed by atoms with E-state index in [0.717, 1.165) is 37.2 Å². The van der Waals surface area contributed by atoms with E-state index in [0.29, 0.717) is 17.1 Å². The average molecular weight is 297 g/mol. The molecular weight excluding hydrogens is 274 g/mol. The second-order valence-electron chi connectivity index (χ2n) is 5.27. The Morgan fingerprint density at radius 2 is 2.30 bits per heavy atom. The van der Waals surface area contributed by atoms with E-state index in [1.165, 1.54) is 0 Å². The van der Waals surface area contributed by atoms with E-state index in [1.54, 1.807) is 0 Å². The molecule has 1 unspecified atom stereocenters. The summed E-state index contributed by atoms with van der Waals surface area (Å²) in [7, 11) is 0. The number of nitrogens with one attached hydrogen (secondary N) is 2. The molecule has 112 valence electrons. The van der Waals surface area contributed by atoms with Crippen molar-refractivity contribution in [3.63, 3.8) is 0 Å². The maximum Gasteiger partial charge on any atom is 0.181 e. The van der Waals surface area contributed by atoms with Gasteiger partial charge in [0.15, 0.2) is 6.29 Å². The summed E-state index contributed by atoms with van der Waals surface area (Å²) in [6.07, 6.45) is 2.60. The quantitative estimate of drug-likeness (QED) is 0.436. The zero-order valence-corrected chi connectivity index (χ0v) is 12.6. The third-order valence-corrected chi connectivity index (χ3v) is 3.97. The highest BCUT2D eigenvalue weighted by Gasteiger charge is 2.38. The third kappa shape index (κ3) is 4.28. The summed E-state index contributed by atoms with van der Waals surface area (Å²) in [6.45, 7) is 3.46. The molecule has 0 saturated carbocycles. The largest absolute Gasteiger partial charge is 0.371 e. The molecule has 0 aliphatic carbocycles. The first-order chi connectivity index (χ1) is 9.63. The van der Waals surface area contributed by atoms with Crippen LogP contribution in [0.1, 0.15) is 31.7 Å². The molecule has 0 radical (unpaired) electrons. The highest BCUT2D eigenvalue weighted by atomic mass is 32.1. The van der Waals surface area contributed by atoms with E-state index >= 15 is 0 Å². The number of nitrogens with two attached hydrogens (primary N) is 1. The van der Waals surface area contributed by atoms with E-state index in [4.69, 9.17) is 22.7 Å². The lowest BCUT2D eigenvalue weighted by Gasteiger charge is -2.16. The molecule has 1 aliphatic heterocycles. The van der Waals surface area contributed by atoms with Crippen molar-refractivity contribution in [2.24, 2.45) is 11.7 Å². The predicted octanol–water partition coefficient (Wildman–Crippen LogP) is 2.14. The number of ether oxygens (including phenoxy) is 1. The zero-order valence-electron chi connectivity index (χ0n) is 11.8. The number of hydrogen-bond acceptors (Lipinski definition) is 5. The van der Waals surface area contributed by atoms with Gasteiger partial charge in [-0.2, -0.15) is 0 Å². The van der Waals surface area contributed by atoms with Crippen molar-refractivity contribution in [1.82, 2.24) is 4.98 Å². The summed E-state index contributed by atoms with van der Waals surface area (Å²) >= 11 is 5.24. The van der Waals surface area contributed by atoms with Crippen LogP contribution < -0.4 is 11.1 Å². The van der Waals surface area contributed by atoms with Gasteiger partial charge in [-0.1, -0.05) is 31.6 Å². The molecule has 2 rings (SSSR count). The van der Waals surface area contributed by atoms with Crippen molar-refractivity contribution in [2.45, 2.75) is 45.1 Å². The fraction of sp³-hybridized carbons (Fsp3) is 0.643. The van der Waals surface area contributed by atoms with Gasteiger partial charge < -0.3 is 25.9 Å². The number of aromatic nitrogens is 1. The summed E-state index contributed by atoms with van der Waals surface area (Å²) in [6, 6.07) is 3.91. The fourth-order valence-electron chi connectivity index (χ4n) is 2.37. The Bertz CT molecular complexity index is 492. The molecule has 5 nitrogen and oxygen atoms in total. The predicted molar refractivity (Wildman–Crippen MR) is 81.9 cm³/mol. The zero-order chi connectivity index (χ0) is 14.5. The molecule has 1 aromatic rings. The number of hydrogen-bond donors (Lipinski definition) is 4. The first kappa shape index (κ1) is 15.4. The van der Waals surface area contributed by atoms with Gasteiger partial charge in [-0.15, -0.1) is 0 Å². The van der Waals surface area contributed by atoms with Crippen LogP contribution in [0, 0.1) is 10.6 Å². The minimum atomic E-state index is -0.552. The van der Waals surface area contributed by atoms with Crippen molar-refractivity contribution in [3.05, 3.63) is 22.3 Å². The molecule has 1 saturated heterocycles. The van der Waals surface area contributed by atoms with E-state index in [1.807, 2.05) is 12.1 Å². The van der Waals surface area contributed by atoms with Crippen LogP contribution in [0.2, 0.25) is 0 Å². The number of pyridine rings is 1. The number of epoxide rings is 1. The molecule has 1 aromatic heterocycles. The monoisotopic (exact) mass is 297 g/mol. The molecule has 20 heavy (non-hydrogen) atoms. The Morgan fingerprint density at radius 1 is 1.55 bits per heavy atom. The van der Waals surface area contributed by atoms with Crippen LogP contribution in [0.3, 0.4) is 0 Å². The number of rotatable bonds is 8. The SMILES string of the molecule is CCCC(CNc1ccc(CN)c(=S)[nH]1)C[C@H]1O[C@@H]1O. The van der Waals surface area contributed by atoms with Gasteiger partial charge in [0, 0.05) is 18.7 Å². The van der Waals surface area contributed by atoms with Crippen molar-refractivity contribution in [2.75, 3.05) is 11.9 Å². The number of H-pyrrole nitrogens is 1. The second kappa shape index (κ2) is 7.17. The summed E-state index contributed by atoms with van der Waals surface area (Å²) in [5.74, 6) is 1.39. The molecule has 1 aliphatic rings. The number of aliphatic hydroxyl groups is 1. The smallest absolute Gasteiger partial charge is 0.181 e. The lowest BCUT2D eigenvalue weighted by Crippen LogP contribution is -2.17. The van der Waals surface area contributed by atoms with Gasteiger partial charge in [-0.25, -0.2) is 0 Å². The maximum atomic E-state index is 9.25. The molecule has 0 amide bonds. The van der Waals surface area contributed by atoms with Crippen LogP contribution in [0.5, 0.6) is 0 Å². The van der Waals surface area contributed by atoms with Gasteiger partial charge in [0.25, 0.3) is 0 Å². The summed E-state index contributed by atoms with van der Waals surface area (Å²) in [5.41, 5.74) is 6.54. The number of aromatic amines is 1. The molecule has 3 atom stereocenters. The number of aliphatic hydroxyl groups excluding tert-OH is 1. The molecule has 0 bridgehead atoms. The third-order valence-electron chi connectivity index (χ3n) is 3.61. The van der Waals surface area contributed by atoms with E-state index in [-0.39, 0.29) is 6.10 Å². The lowest BCUT2D eigenvalue weighted by molar-refractivity contribution is 0.156. The fourth-order valence-corrected chi connectivity index (χ4v) is 2.63. The van der Waals surface area contributed by atoms with Crippen LogP contribution >= 0.6 is 12.2 Å². The molecular formula is C14H23N3O2S. The highest BCUT2D eigenvalue weighted by molar-refractivity contribution is 7.71. The van der Waals surface area contributed by atoms with Crippen LogP contribution in [-0.4, -0.2) is 29.0 Å². The van der Waals surface area contributed by atoms with E-state index in [2.05, 4.69) is 17.2 Å². The molecule has 6 heteroatoms. The summed E-state index contributed by atoms with van der Waals surface area (Å²) in [4.78, 5) is 3.15. The lowest BCUT2D eigenvalue weighted by atomic mass is 9.98. The van der Waals surface area contributed by atoms with Gasteiger partial charge >= 0.3 is 0 Å². The van der Waals surface area contributed by atoms with Crippen LogP contribution in [0.15, 0.2) is 12.1 Å². The van der Waals surface area contributed by atoms with Gasteiger partial charge in [-0.3, -0.25) is 0 Å². The van der Waals surface area contributed by atoms with Crippen molar-refractivity contribution in [1.29, 1.82) is 0 Å². The van der Waals surface area contributed by atoms with Gasteiger partial charge in [0.2, 0.25) is 0 Å². The minimum absolute atomic E-state index is 0.0199. The average Bonchev–Trinajstić information content (AvgIpc) is 3.12. The Labute approximate surface area is 124 Å². The van der Waals surface area contributed by atoms with Crippen LogP contribution in [0.25, 0.3) is 0 Å². The summed E-state index contributed by atoms with van der Waals surface area (Å²) < 4.78 is 5.77. The highest BCUT2D eigenvalue weighted by Crippen LogP contribution is 2.28. The second-order valence-corrected chi connectivity index (χ2v) is 5.68. The topological polar surface area (TPSA) is 86.6 Å². The molecule has 1 fully saturated rings. The minimum Gasteiger partial charge on any atom is -0.371 e. The standard InChI is InChI=1S/C14H23N3O2S/c1-2-3-9(6-11-14(18)19-11)8-16-12-5-4-10(7-15)13(20)17-12/h4-5,9,11,14,18H,2-3,6-8,15H2,1H3,(H2,16,17,20)/t9?,11-,14+/m1/s1. The Balaban J connectivity index is 1.87. The normalized spacial score (nSPS) is 22.6. The van der Waals surface area contributed by atoms with Crippen LogP contribution in [-0.2, 0) is 11.3 Å². The van der Waals surface area contributed by atoms with Crippen LogP contribution in [0.4, 0.5) is 5.82 Å². The van der Waals surface area contributed by atoms with E-state index in [9.17, 15) is 5.11 Å². The Morgan fingerprint density at radius 3 is 2.85 bits per heavy atom. The first-order valence-electron chi connectivity index (χ1n) is 7.13. The summed E-state index contributed by atoms with van der Waals surface area (Å²) in [5, 5.41) is 12.6. The van der Waals surface area contributed by atoms with Gasteiger partial charge in [0.05, 0.1) is 0 Å². The molecule has 0 aromatic carbocycles. The van der Waals surface area contributed by atoms with Crippen molar-refractivity contribution < 1.29 is 9.84 Å². The Kier molecular flexibility index (Phi) is 5.54. The molecule has 5 N–H and O–H groups in total.